The van der Waals surface area contributed by atoms with Crippen LogP contribution in [-0.4, -0.2) is 16.6 Å². The van der Waals surface area contributed by atoms with E-state index >= 15 is 0 Å². The molecule has 5 heteroatoms. The van der Waals surface area contributed by atoms with Crippen molar-refractivity contribution in [1.82, 2.24) is 4.98 Å². The van der Waals surface area contributed by atoms with Gasteiger partial charge in [-0.3, -0.25) is 0 Å². The zero-order valence-corrected chi connectivity index (χ0v) is 11.9. The third-order valence-corrected chi connectivity index (χ3v) is 3.25. The van der Waals surface area contributed by atoms with E-state index in [0.717, 1.165) is 22.4 Å². The smallest absolute Gasteiger partial charge is 0.181 e. The van der Waals surface area contributed by atoms with E-state index in [1.54, 1.807) is 18.7 Å². The topological polar surface area (TPSA) is 71.4 Å². The van der Waals surface area contributed by atoms with Gasteiger partial charge in [0, 0.05) is 23.4 Å². The third kappa shape index (κ3) is 3.27. The summed E-state index contributed by atoms with van der Waals surface area (Å²) in [6, 6.07) is 7.66. The first-order chi connectivity index (χ1) is 10.9. The Bertz CT molecular complexity index is 731. The molecular formula is C17H16N2O3. The van der Waals surface area contributed by atoms with Gasteiger partial charge < -0.3 is 19.3 Å². The first-order valence-electron chi connectivity index (χ1n) is 6.92. The van der Waals surface area contributed by atoms with Crippen LogP contribution in [-0.2, 0) is 6.61 Å². The summed E-state index contributed by atoms with van der Waals surface area (Å²) in [5.74, 6) is 0.649. The van der Waals surface area contributed by atoms with Gasteiger partial charge in [-0.25, -0.2) is 4.98 Å². The van der Waals surface area contributed by atoms with Crippen molar-refractivity contribution in [3.63, 3.8) is 0 Å². The van der Waals surface area contributed by atoms with E-state index in [4.69, 9.17) is 8.83 Å². The first-order valence-corrected chi connectivity index (χ1v) is 6.92. The lowest BCUT2D eigenvalue weighted by Crippen LogP contribution is -1.99. The number of benzene rings is 1. The summed E-state index contributed by atoms with van der Waals surface area (Å²) in [5.41, 5.74) is 3.60. The predicted molar refractivity (Wildman–Crippen MR) is 84.1 cm³/mol. The second-order valence-corrected chi connectivity index (χ2v) is 4.74. The number of anilines is 1. The highest BCUT2D eigenvalue weighted by atomic mass is 16.3. The summed E-state index contributed by atoms with van der Waals surface area (Å²) in [6.45, 7) is 0.619. The van der Waals surface area contributed by atoms with Gasteiger partial charge in [0.25, 0.3) is 0 Å². The Labute approximate surface area is 127 Å². The molecule has 0 spiro atoms. The fourth-order valence-electron chi connectivity index (χ4n) is 2.17. The van der Waals surface area contributed by atoms with Gasteiger partial charge in [-0.15, -0.1) is 0 Å². The van der Waals surface area contributed by atoms with Crippen LogP contribution in [0.5, 0.6) is 0 Å². The monoisotopic (exact) mass is 296 g/mol. The van der Waals surface area contributed by atoms with E-state index in [0.29, 0.717) is 12.3 Å². The van der Waals surface area contributed by atoms with Gasteiger partial charge in [-0.1, -0.05) is 12.2 Å². The van der Waals surface area contributed by atoms with Gasteiger partial charge in [0.1, 0.15) is 0 Å². The number of aliphatic hydroxyl groups excluding tert-OH is 1. The summed E-state index contributed by atoms with van der Waals surface area (Å²) < 4.78 is 10.3. The molecule has 0 aliphatic rings. The number of furan rings is 1. The third-order valence-electron chi connectivity index (χ3n) is 3.25. The summed E-state index contributed by atoms with van der Waals surface area (Å²) in [7, 11) is 0. The van der Waals surface area contributed by atoms with Crippen molar-refractivity contribution in [3.05, 3.63) is 66.6 Å². The van der Waals surface area contributed by atoms with E-state index in [1.165, 1.54) is 6.39 Å². The van der Waals surface area contributed by atoms with Gasteiger partial charge >= 0.3 is 0 Å². The number of nitrogens with one attached hydrogen (secondary N) is 1. The lowest BCUT2D eigenvalue weighted by atomic mass is 10.1. The quantitative estimate of drug-likeness (QED) is 0.728. The molecule has 0 saturated heterocycles. The van der Waals surface area contributed by atoms with Gasteiger partial charge in [0.05, 0.1) is 25.3 Å². The molecule has 2 N–H and O–H groups in total. The number of aliphatic hydroxyl groups is 1. The van der Waals surface area contributed by atoms with Crippen LogP contribution in [0.25, 0.3) is 17.4 Å². The minimum Gasteiger partial charge on any atom is -0.472 e. The van der Waals surface area contributed by atoms with E-state index in [9.17, 15) is 5.11 Å². The fourth-order valence-corrected chi connectivity index (χ4v) is 2.17. The highest BCUT2D eigenvalue weighted by Gasteiger charge is 2.08. The maximum absolute atomic E-state index is 9.52. The van der Waals surface area contributed by atoms with Crippen LogP contribution < -0.4 is 5.32 Å². The Morgan fingerprint density at radius 3 is 2.95 bits per heavy atom. The van der Waals surface area contributed by atoms with Crippen molar-refractivity contribution in [2.45, 2.75) is 6.61 Å². The average molecular weight is 296 g/mol. The minimum atomic E-state index is -0.0591. The molecule has 0 aliphatic heterocycles. The maximum Gasteiger partial charge on any atom is 0.181 e. The maximum atomic E-state index is 9.52. The van der Waals surface area contributed by atoms with Crippen molar-refractivity contribution in [1.29, 1.82) is 0 Å². The molecule has 2 heterocycles. The number of aromatic nitrogens is 1. The molecular weight excluding hydrogens is 280 g/mol. The molecule has 0 fully saturated rings. The lowest BCUT2D eigenvalue weighted by molar-refractivity contribution is 0.282. The molecule has 0 unspecified atom stereocenters. The molecule has 3 aromatic rings. The van der Waals surface area contributed by atoms with Crippen LogP contribution in [0.2, 0.25) is 0 Å². The van der Waals surface area contributed by atoms with Crippen molar-refractivity contribution in [2.24, 2.45) is 0 Å². The van der Waals surface area contributed by atoms with Gasteiger partial charge in [0.15, 0.2) is 12.2 Å². The van der Waals surface area contributed by atoms with E-state index in [2.05, 4.69) is 10.3 Å². The molecule has 0 amide bonds. The van der Waals surface area contributed by atoms with Crippen LogP contribution >= 0.6 is 0 Å². The molecule has 22 heavy (non-hydrogen) atoms. The molecule has 112 valence electrons. The van der Waals surface area contributed by atoms with Crippen molar-refractivity contribution >= 4 is 11.8 Å². The number of oxazole rings is 1. The van der Waals surface area contributed by atoms with Crippen LogP contribution in [0.15, 0.2) is 64.3 Å². The summed E-state index contributed by atoms with van der Waals surface area (Å²) in [4.78, 5) is 3.90. The van der Waals surface area contributed by atoms with Crippen molar-refractivity contribution < 1.29 is 13.9 Å². The summed E-state index contributed by atoms with van der Waals surface area (Å²) in [5, 5.41) is 12.8. The second-order valence-electron chi connectivity index (χ2n) is 4.74. The highest BCUT2D eigenvalue weighted by molar-refractivity contribution is 5.65. The van der Waals surface area contributed by atoms with Gasteiger partial charge in [-0.2, -0.15) is 0 Å². The molecule has 2 aromatic heterocycles. The molecule has 0 bridgehead atoms. The number of hydrogen-bond acceptors (Lipinski definition) is 5. The Balaban J connectivity index is 1.67. The molecule has 0 aliphatic carbocycles. The normalized spacial score (nSPS) is 11.1. The van der Waals surface area contributed by atoms with Crippen LogP contribution in [0.3, 0.4) is 0 Å². The van der Waals surface area contributed by atoms with Crippen molar-refractivity contribution in [3.8, 4) is 11.3 Å². The first kappa shape index (κ1) is 14.2. The second kappa shape index (κ2) is 6.78. The molecule has 0 radical (unpaired) electrons. The van der Waals surface area contributed by atoms with Crippen LogP contribution in [0, 0.1) is 0 Å². The zero-order valence-electron chi connectivity index (χ0n) is 11.9. The Morgan fingerprint density at radius 1 is 1.27 bits per heavy atom. The molecule has 1 aromatic carbocycles. The van der Waals surface area contributed by atoms with Crippen molar-refractivity contribution in [2.75, 3.05) is 11.9 Å². The largest absolute Gasteiger partial charge is 0.472 e. The van der Waals surface area contributed by atoms with Crippen LogP contribution in [0.1, 0.15) is 11.1 Å². The molecule has 3 rings (SSSR count). The average Bonchev–Trinajstić information content (AvgIpc) is 3.24. The predicted octanol–water partition coefficient (Wildman–Crippen LogP) is 3.55. The van der Waals surface area contributed by atoms with Crippen LogP contribution in [0.4, 0.5) is 5.69 Å². The Hall–Kier alpha value is -2.79. The SMILES string of the molecule is OCc1cc(NC/C=C/c2ccoc2)ccc1-c1cnco1. The van der Waals surface area contributed by atoms with E-state index in [-0.39, 0.29) is 6.61 Å². The zero-order chi connectivity index (χ0) is 15.2. The van der Waals surface area contributed by atoms with Gasteiger partial charge in [0.2, 0.25) is 0 Å². The lowest BCUT2D eigenvalue weighted by Gasteiger charge is -2.09. The molecule has 0 atom stereocenters. The summed E-state index contributed by atoms with van der Waals surface area (Å²) in [6.07, 6.45) is 10.3. The standard InChI is InChI=1S/C17H16N2O3/c20-10-14-8-15(3-4-16(14)17-9-18-12-22-17)19-6-1-2-13-5-7-21-11-13/h1-5,7-9,11-12,19-20H,6,10H2/b2-1+. The molecule has 5 nitrogen and oxygen atoms in total. The fraction of sp³-hybridized carbons (Fsp3) is 0.118. The Morgan fingerprint density at radius 2 is 2.23 bits per heavy atom. The minimum absolute atomic E-state index is 0.0591. The number of nitrogens with zero attached hydrogens (tertiary/aromatic N) is 1. The van der Waals surface area contributed by atoms with E-state index in [1.807, 2.05) is 36.4 Å². The van der Waals surface area contributed by atoms with Gasteiger partial charge in [-0.05, 0) is 29.8 Å². The number of hydrogen-bond donors (Lipinski definition) is 2. The number of rotatable bonds is 6. The Kier molecular flexibility index (Phi) is 4.36. The summed E-state index contributed by atoms with van der Waals surface area (Å²) >= 11 is 0. The van der Waals surface area contributed by atoms with E-state index < -0.39 is 0 Å². The molecule has 0 saturated carbocycles. The highest BCUT2D eigenvalue weighted by Crippen LogP contribution is 2.26.